The standard InChI is InChI=1S/C9H10BrNO2/c10-5-1-2-7-8(9(5)12)6(11)3-4-13-7/h1-2,6,12H,3-4,11H2/t6-/m1/s1. The fourth-order valence-corrected chi connectivity index (χ4v) is 1.83. The van der Waals surface area contributed by atoms with Gasteiger partial charge in [0.25, 0.3) is 0 Å². The summed E-state index contributed by atoms with van der Waals surface area (Å²) >= 11 is 3.24. The van der Waals surface area contributed by atoms with Crippen LogP contribution in [0.25, 0.3) is 0 Å². The third kappa shape index (κ3) is 1.40. The van der Waals surface area contributed by atoms with Gasteiger partial charge in [0.1, 0.15) is 11.5 Å². The van der Waals surface area contributed by atoms with Gasteiger partial charge in [-0.2, -0.15) is 0 Å². The van der Waals surface area contributed by atoms with Crippen LogP contribution >= 0.6 is 15.9 Å². The van der Waals surface area contributed by atoms with Crippen LogP contribution in [0.3, 0.4) is 0 Å². The van der Waals surface area contributed by atoms with E-state index in [0.717, 1.165) is 6.42 Å². The number of halogens is 1. The molecule has 0 fully saturated rings. The first-order chi connectivity index (χ1) is 6.20. The van der Waals surface area contributed by atoms with E-state index in [2.05, 4.69) is 15.9 Å². The summed E-state index contributed by atoms with van der Waals surface area (Å²) in [6, 6.07) is 3.45. The molecule has 0 aromatic heterocycles. The molecule has 4 heteroatoms. The second-order valence-electron chi connectivity index (χ2n) is 3.05. The Morgan fingerprint density at radius 1 is 1.54 bits per heavy atom. The van der Waals surface area contributed by atoms with Crippen molar-refractivity contribution in [3.63, 3.8) is 0 Å². The highest BCUT2D eigenvalue weighted by molar-refractivity contribution is 9.10. The largest absolute Gasteiger partial charge is 0.506 e. The van der Waals surface area contributed by atoms with E-state index in [1.165, 1.54) is 0 Å². The highest BCUT2D eigenvalue weighted by Gasteiger charge is 2.22. The SMILES string of the molecule is N[C@@H]1CCOc2ccc(Br)c(O)c21. The molecule has 1 atom stereocenters. The molecular formula is C9H10BrNO2. The van der Waals surface area contributed by atoms with Gasteiger partial charge in [0, 0.05) is 12.5 Å². The normalized spacial score (nSPS) is 20.6. The third-order valence-electron chi connectivity index (χ3n) is 2.19. The Balaban J connectivity index is 2.58. The van der Waals surface area contributed by atoms with Crippen LogP contribution in [-0.4, -0.2) is 11.7 Å². The van der Waals surface area contributed by atoms with E-state index in [4.69, 9.17) is 10.5 Å². The summed E-state index contributed by atoms with van der Waals surface area (Å²) in [6.45, 7) is 0.620. The topological polar surface area (TPSA) is 55.5 Å². The molecule has 0 radical (unpaired) electrons. The molecule has 70 valence electrons. The molecule has 0 amide bonds. The molecular weight excluding hydrogens is 234 g/mol. The maximum absolute atomic E-state index is 9.71. The summed E-state index contributed by atoms with van der Waals surface area (Å²) in [5.41, 5.74) is 6.56. The monoisotopic (exact) mass is 243 g/mol. The lowest BCUT2D eigenvalue weighted by Gasteiger charge is -2.23. The highest BCUT2D eigenvalue weighted by atomic mass is 79.9. The molecule has 0 unspecified atom stereocenters. The Morgan fingerprint density at radius 3 is 3.08 bits per heavy atom. The minimum Gasteiger partial charge on any atom is -0.506 e. The molecule has 13 heavy (non-hydrogen) atoms. The van der Waals surface area contributed by atoms with Gasteiger partial charge < -0.3 is 15.6 Å². The van der Waals surface area contributed by atoms with E-state index in [-0.39, 0.29) is 11.8 Å². The second kappa shape index (κ2) is 3.20. The summed E-state index contributed by atoms with van der Waals surface area (Å²) in [7, 11) is 0. The van der Waals surface area contributed by atoms with Crippen molar-refractivity contribution in [1.29, 1.82) is 0 Å². The summed E-state index contributed by atoms with van der Waals surface area (Å²) in [4.78, 5) is 0. The Morgan fingerprint density at radius 2 is 2.31 bits per heavy atom. The quantitative estimate of drug-likeness (QED) is 0.733. The third-order valence-corrected chi connectivity index (χ3v) is 2.82. The van der Waals surface area contributed by atoms with Gasteiger partial charge >= 0.3 is 0 Å². The van der Waals surface area contributed by atoms with Crippen molar-refractivity contribution in [1.82, 2.24) is 0 Å². The Kier molecular flexibility index (Phi) is 2.17. The van der Waals surface area contributed by atoms with Gasteiger partial charge in [0.15, 0.2) is 0 Å². The number of rotatable bonds is 0. The Hall–Kier alpha value is -0.740. The van der Waals surface area contributed by atoms with Gasteiger partial charge in [0.05, 0.1) is 16.6 Å². The van der Waals surface area contributed by atoms with E-state index in [0.29, 0.717) is 22.4 Å². The van der Waals surface area contributed by atoms with Gasteiger partial charge in [-0.05, 0) is 28.1 Å². The fraction of sp³-hybridized carbons (Fsp3) is 0.333. The molecule has 0 aliphatic carbocycles. The van der Waals surface area contributed by atoms with Gasteiger partial charge in [-0.25, -0.2) is 0 Å². The van der Waals surface area contributed by atoms with Gasteiger partial charge in [-0.15, -0.1) is 0 Å². The van der Waals surface area contributed by atoms with E-state index in [9.17, 15) is 5.11 Å². The van der Waals surface area contributed by atoms with Gasteiger partial charge in [0.2, 0.25) is 0 Å². The lowest BCUT2D eigenvalue weighted by Crippen LogP contribution is -2.20. The number of nitrogens with two attached hydrogens (primary N) is 1. The molecule has 1 aromatic rings. The number of phenols is 1. The Labute approximate surface area is 84.6 Å². The van der Waals surface area contributed by atoms with Crippen molar-refractivity contribution in [2.24, 2.45) is 5.73 Å². The maximum Gasteiger partial charge on any atom is 0.138 e. The van der Waals surface area contributed by atoms with Crippen LogP contribution in [0.4, 0.5) is 0 Å². The zero-order valence-corrected chi connectivity index (χ0v) is 8.54. The van der Waals surface area contributed by atoms with Crippen molar-refractivity contribution < 1.29 is 9.84 Å². The van der Waals surface area contributed by atoms with Crippen LogP contribution < -0.4 is 10.5 Å². The summed E-state index contributed by atoms with van der Waals surface area (Å²) in [5.74, 6) is 0.893. The molecule has 0 bridgehead atoms. The number of phenolic OH excluding ortho intramolecular Hbond substituents is 1. The van der Waals surface area contributed by atoms with Crippen LogP contribution in [-0.2, 0) is 0 Å². The number of benzene rings is 1. The van der Waals surface area contributed by atoms with Gasteiger partial charge in [-0.1, -0.05) is 0 Å². The molecule has 0 saturated heterocycles. The first kappa shape index (κ1) is 8.84. The lowest BCUT2D eigenvalue weighted by atomic mass is 10.0. The molecule has 0 saturated carbocycles. The van der Waals surface area contributed by atoms with E-state index in [1.54, 1.807) is 6.07 Å². The molecule has 1 heterocycles. The Bertz CT molecular complexity index is 341. The first-order valence-electron chi connectivity index (χ1n) is 4.10. The first-order valence-corrected chi connectivity index (χ1v) is 4.89. The smallest absolute Gasteiger partial charge is 0.138 e. The summed E-state index contributed by atoms with van der Waals surface area (Å²) in [5, 5.41) is 9.71. The molecule has 1 aromatic carbocycles. The summed E-state index contributed by atoms with van der Waals surface area (Å²) in [6.07, 6.45) is 0.747. The van der Waals surface area contributed by atoms with Crippen LogP contribution in [0.1, 0.15) is 18.0 Å². The van der Waals surface area contributed by atoms with Crippen molar-refractivity contribution >= 4 is 15.9 Å². The number of ether oxygens (including phenoxy) is 1. The van der Waals surface area contributed by atoms with Crippen molar-refractivity contribution in [3.05, 3.63) is 22.2 Å². The zero-order chi connectivity index (χ0) is 9.42. The van der Waals surface area contributed by atoms with Crippen LogP contribution in [0.2, 0.25) is 0 Å². The molecule has 3 N–H and O–H groups in total. The second-order valence-corrected chi connectivity index (χ2v) is 3.91. The van der Waals surface area contributed by atoms with Crippen LogP contribution in [0.15, 0.2) is 16.6 Å². The zero-order valence-electron chi connectivity index (χ0n) is 6.96. The fourth-order valence-electron chi connectivity index (χ4n) is 1.49. The minimum absolute atomic E-state index is 0.124. The predicted octanol–water partition coefficient (Wildman–Crippen LogP) is 1.94. The average Bonchev–Trinajstić information content (AvgIpc) is 2.12. The number of hydrogen-bond acceptors (Lipinski definition) is 3. The van der Waals surface area contributed by atoms with Crippen LogP contribution in [0, 0.1) is 0 Å². The maximum atomic E-state index is 9.71. The van der Waals surface area contributed by atoms with Crippen molar-refractivity contribution in [2.75, 3.05) is 6.61 Å². The van der Waals surface area contributed by atoms with Crippen molar-refractivity contribution in [3.8, 4) is 11.5 Å². The summed E-state index contributed by atoms with van der Waals surface area (Å²) < 4.78 is 6.03. The lowest BCUT2D eigenvalue weighted by molar-refractivity contribution is 0.263. The highest BCUT2D eigenvalue weighted by Crippen LogP contribution is 2.41. The number of hydrogen-bond donors (Lipinski definition) is 2. The predicted molar refractivity (Wildman–Crippen MR) is 52.8 cm³/mol. The van der Waals surface area contributed by atoms with Crippen LogP contribution in [0.5, 0.6) is 11.5 Å². The van der Waals surface area contributed by atoms with E-state index in [1.807, 2.05) is 6.07 Å². The molecule has 3 nitrogen and oxygen atoms in total. The average molecular weight is 244 g/mol. The minimum atomic E-state index is -0.124. The van der Waals surface area contributed by atoms with E-state index >= 15 is 0 Å². The molecule has 2 rings (SSSR count). The number of fused-ring (bicyclic) bond motifs is 1. The number of aromatic hydroxyl groups is 1. The molecule has 1 aliphatic heterocycles. The van der Waals surface area contributed by atoms with Gasteiger partial charge in [-0.3, -0.25) is 0 Å². The van der Waals surface area contributed by atoms with E-state index < -0.39 is 0 Å². The van der Waals surface area contributed by atoms with Crippen molar-refractivity contribution in [2.45, 2.75) is 12.5 Å². The molecule has 0 spiro atoms. The molecule has 1 aliphatic rings.